The molecule has 6 atom stereocenters. The number of aromatic amines is 3. The lowest BCUT2D eigenvalue weighted by Crippen LogP contribution is -2.51. The molecule has 18 nitrogen and oxygen atoms in total. The Bertz CT molecular complexity index is 4620. The average Bonchev–Trinajstić information content (AvgIpc) is 1.76. The molecule has 1 saturated heterocycles. The van der Waals surface area contributed by atoms with Crippen molar-refractivity contribution in [2.24, 2.45) is 0 Å². The van der Waals surface area contributed by atoms with Crippen molar-refractivity contribution < 1.29 is 29.7 Å². The number of benzene rings is 8. The van der Waals surface area contributed by atoms with Crippen molar-refractivity contribution in [2.75, 3.05) is 6.54 Å². The number of aromatic nitrogens is 6. The summed E-state index contributed by atoms with van der Waals surface area (Å²) in [4.78, 5) is 72.8. The van der Waals surface area contributed by atoms with Gasteiger partial charge in [-0.2, -0.15) is 0 Å². The summed E-state index contributed by atoms with van der Waals surface area (Å²) in [7, 11) is 0. The molecule has 0 bridgehead atoms. The summed E-state index contributed by atoms with van der Waals surface area (Å²) >= 11 is 0. The Labute approximate surface area is 588 Å². The third-order valence-corrected chi connectivity index (χ3v) is 21.0. The van der Waals surface area contributed by atoms with Gasteiger partial charge in [0.25, 0.3) is 0 Å². The van der Waals surface area contributed by atoms with E-state index in [4.69, 9.17) is 15.0 Å². The number of H-pyrrole nitrogens is 3. The molecular formula is C83H84N12O6. The summed E-state index contributed by atoms with van der Waals surface area (Å²) < 4.78 is 0. The molecule has 0 spiro atoms. The van der Waals surface area contributed by atoms with E-state index < -0.39 is 0 Å². The third-order valence-electron chi connectivity index (χ3n) is 21.0. The second kappa shape index (κ2) is 28.7. The summed E-state index contributed by atoms with van der Waals surface area (Å²) in [6, 6.07) is 62.2. The van der Waals surface area contributed by atoms with Gasteiger partial charge in [-0.05, 0) is 151 Å². The number of amides is 3. The van der Waals surface area contributed by atoms with Gasteiger partial charge in [0, 0.05) is 85.9 Å². The first kappa shape index (κ1) is 66.0. The van der Waals surface area contributed by atoms with Crippen LogP contribution in [0.4, 0.5) is 0 Å². The summed E-state index contributed by atoms with van der Waals surface area (Å²) in [6.45, 7) is 9.71. The molecule has 11 aromatic rings. The van der Waals surface area contributed by atoms with Crippen LogP contribution in [0, 0.1) is 20.8 Å². The molecule has 1 fully saturated rings. The quantitative estimate of drug-likeness (QED) is 0.0655. The normalized spacial score (nSPS) is 19.7. The lowest BCUT2D eigenvalue weighted by molar-refractivity contribution is -0.138. The number of hydrogen-bond donors (Lipinski definition) is 9. The number of piperidine rings is 1. The molecule has 512 valence electrons. The smallest absolute Gasteiger partial charge is 0.240 e. The van der Waals surface area contributed by atoms with Crippen LogP contribution in [0.25, 0.3) is 33.8 Å². The Kier molecular flexibility index (Phi) is 18.8. The number of imidazole rings is 3. The minimum Gasteiger partial charge on any atom is -0.508 e. The van der Waals surface area contributed by atoms with Gasteiger partial charge in [0.2, 0.25) is 17.7 Å². The number of rotatable bonds is 9. The fourth-order valence-corrected chi connectivity index (χ4v) is 15.7. The maximum absolute atomic E-state index is 14.0. The zero-order valence-electron chi connectivity index (χ0n) is 57.1. The van der Waals surface area contributed by atoms with E-state index in [1.807, 2.05) is 120 Å². The molecule has 101 heavy (non-hydrogen) atoms. The minimum atomic E-state index is -0.315. The van der Waals surface area contributed by atoms with Crippen molar-refractivity contribution in [3.8, 4) is 51.0 Å². The monoisotopic (exact) mass is 1340 g/mol. The third kappa shape index (κ3) is 13.9. The first-order valence-corrected chi connectivity index (χ1v) is 35.3. The van der Waals surface area contributed by atoms with E-state index in [-0.39, 0.29) is 71.2 Å². The molecule has 0 radical (unpaired) electrons. The Morgan fingerprint density at radius 2 is 0.673 bits per heavy atom. The van der Waals surface area contributed by atoms with Gasteiger partial charge in [-0.25, -0.2) is 15.0 Å². The lowest BCUT2D eigenvalue weighted by atomic mass is 9.90. The van der Waals surface area contributed by atoms with Crippen LogP contribution in [0.5, 0.6) is 17.2 Å². The molecule has 0 unspecified atom stereocenters. The number of nitrogens with one attached hydrogen (secondary N) is 6. The molecule has 17 rings (SSSR count). The second-order valence-electron chi connectivity index (χ2n) is 27.6. The number of carbonyl (C=O) groups excluding carboxylic acids is 3. The highest BCUT2D eigenvalue weighted by molar-refractivity contribution is 5.85. The first-order valence-electron chi connectivity index (χ1n) is 35.3. The van der Waals surface area contributed by atoms with Crippen molar-refractivity contribution in [1.29, 1.82) is 0 Å². The van der Waals surface area contributed by atoms with E-state index >= 15 is 0 Å². The predicted octanol–water partition coefficient (Wildman–Crippen LogP) is 12.7. The Hall–Kier alpha value is -10.9. The number of carbonyl (C=O) groups is 3. The molecule has 9 heterocycles. The highest BCUT2D eigenvalue weighted by Gasteiger charge is 2.41. The molecule has 18 heteroatoms. The highest BCUT2D eigenvalue weighted by Crippen LogP contribution is 2.39. The van der Waals surface area contributed by atoms with Gasteiger partial charge in [-0.15, -0.1) is 0 Å². The Morgan fingerprint density at radius 3 is 1.04 bits per heavy atom. The topological polar surface area (TPSA) is 244 Å². The maximum Gasteiger partial charge on any atom is 0.240 e. The molecule has 0 saturated carbocycles. The van der Waals surface area contributed by atoms with Crippen molar-refractivity contribution in [1.82, 2.24) is 60.6 Å². The Morgan fingerprint density at radius 1 is 0.356 bits per heavy atom. The maximum atomic E-state index is 14.0. The number of aromatic hydroxyl groups is 3. The zero-order chi connectivity index (χ0) is 69.3. The number of nitrogens with zero attached hydrogens (tertiary/aromatic N) is 6. The van der Waals surface area contributed by atoms with E-state index in [1.165, 1.54) is 22.3 Å². The van der Waals surface area contributed by atoms with E-state index in [0.717, 1.165) is 140 Å². The number of fused-ring (bicyclic) bond motifs is 5. The fourth-order valence-electron chi connectivity index (χ4n) is 15.7. The van der Waals surface area contributed by atoms with Crippen LogP contribution in [0.3, 0.4) is 0 Å². The van der Waals surface area contributed by atoms with Gasteiger partial charge in [0.05, 0.1) is 53.3 Å². The van der Waals surface area contributed by atoms with Gasteiger partial charge >= 0.3 is 0 Å². The largest absolute Gasteiger partial charge is 0.508 e. The van der Waals surface area contributed by atoms with Crippen molar-refractivity contribution in [3.63, 3.8) is 0 Å². The standard InChI is InChI=1S/2C29H28N4O2.C25H28N4O2/c2*1-18-27(19-7-3-2-4-8-19)32-28(31-18)26-15-20-9-5-6-10-22(20)17-33(26)29(35)25-14-21-11-12-24(34)13-23(21)16-30-25;1-16-23(17-7-3-2-4-8-17)28-24(27-16)22-9-5-6-12-29(22)25(31)21-14-18-10-11-20(30)13-19(18)15-26-21/h2*2-13,25-26,30,34H,14-17H2,1H3,(H,31,32);2-4,7-8,10-11,13,21-22,26,30H,5-6,9,12,14-15H2,1H3,(H,27,28)/t25-,26+;25-,26-;21-,22-/m000/s1. The average molecular weight is 1350 g/mol. The van der Waals surface area contributed by atoms with Gasteiger partial charge in [-0.1, -0.05) is 158 Å². The van der Waals surface area contributed by atoms with Crippen LogP contribution in [0.2, 0.25) is 0 Å². The molecule has 3 aromatic heterocycles. The van der Waals surface area contributed by atoms with E-state index in [9.17, 15) is 29.7 Å². The number of phenols is 3. The zero-order valence-corrected chi connectivity index (χ0v) is 57.1. The summed E-state index contributed by atoms with van der Waals surface area (Å²) in [6.07, 6.45) is 6.33. The van der Waals surface area contributed by atoms with E-state index in [1.54, 1.807) is 36.4 Å². The van der Waals surface area contributed by atoms with Gasteiger partial charge in [-0.3, -0.25) is 14.4 Å². The number of aryl methyl sites for hydroxylation is 3. The fraction of sp³-hybridized carbons (Fsp3) is 0.277. The molecule has 6 aliphatic rings. The van der Waals surface area contributed by atoms with E-state index in [2.05, 4.69) is 104 Å². The molecular weight excluding hydrogens is 1260 g/mol. The lowest BCUT2D eigenvalue weighted by Gasteiger charge is -2.39. The number of hydrogen-bond acceptors (Lipinski definition) is 12. The summed E-state index contributed by atoms with van der Waals surface area (Å²) in [5, 5.41) is 39.5. The van der Waals surface area contributed by atoms with Crippen LogP contribution in [0.1, 0.15) is 128 Å². The van der Waals surface area contributed by atoms with Crippen LogP contribution in [-0.4, -0.2) is 102 Å². The van der Waals surface area contributed by atoms with Crippen molar-refractivity contribution in [2.45, 2.75) is 141 Å². The molecule has 8 aromatic carbocycles. The summed E-state index contributed by atoms with van der Waals surface area (Å²) in [5.41, 5.74) is 20.4. The SMILES string of the molecule is Cc1[nH]c([C@@H]2CCCCN2C(=O)[C@@H]2Cc3ccc(O)cc3CN2)nc1-c1ccccc1.Cc1[nH]c([C@@H]2Cc3ccccc3CN2C(=O)[C@@H]2Cc3ccc(O)cc3CN2)nc1-c1ccccc1.Cc1[nH]c([C@H]2Cc3ccccc3CN2C(=O)[C@@H]2Cc3ccc(O)cc3CN2)nc1-c1ccccc1. The molecule has 3 amide bonds. The molecule has 6 aliphatic heterocycles. The second-order valence-corrected chi connectivity index (χ2v) is 27.6. The Balaban J connectivity index is 0.000000123. The van der Waals surface area contributed by atoms with Crippen LogP contribution >= 0.6 is 0 Å². The number of phenolic OH excluding ortho intramolecular Hbond substituents is 3. The highest BCUT2D eigenvalue weighted by atomic mass is 16.3. The van der Waals surface area contributed by atoms with Crippen molar-refractivity contribution >= 4 is 17.7 Å². The van der Waals surface area contributed by atoms with Crippen LogP contribution in [0.15, 0.2) is 194 Å². The number of likely N-dealkylation sites (tertiary alicyclic amines) is 1. The van der Waals surface area contributed by atoms with E-state index in [0.29, 0.717) is 52.0 Å². The van der Waals surface area contributed by atoms with Gasteiger partial charge in [0.15, 0.2) is 0 Å². The van der Waals surface area contributed by atoms with Crippen LogP contribution in [-0.2, 0) is 79.2 Å². The predicted molar refractivity (Wildman–Crippen MR) is 389 cm³/mol. The molecule has 0 aliphatic carbocycles. The minimum absolute atomic E-state index is 0.0274. The molecule has 9 N–H and O–H groups in total. The van der Waals surface area contributed by atoms with Gasteiger partial charge in [0.1, 0.15) is 34.7 Å². The van der Waals surface area contributed by atoms with Crippen molar-refractivity contribution in [3.05, 3.63) is 284 Å². The van der Waals surface area contributed by atoms with Crippen LogP contribution < -0.4 is 16.0 Å². The summed E-state index contributed by atoms with van der Waals surface area (Å²) in [5.74, 6) is 3.61. The first-order chi connectivity index (χ1) is 49.2. The van der Waals surface area contributed by atoms with Gasteiger partial charge < -0.3 is 60.9 Å².